The first kappa shape index (κ1) is 10.8. The van der Waals surface area contributed by atoms with Crippen molar-refractivity contribution in [1.29, 1.82) is 0 Å². The fraction of sp³-hybridized carbons (Fsp3) is 0.250. The monoisotopic (exact) mass is 217 g/mol. The summed E-state index contributed by atoms with van der Waals surface area (Å²) in [6, 6.07) is 6.45. The minimum absolute atomic E-state index is 0.234. The molecule has 1 rings (SSSR count). The maximum absolute atomic E-state index is 10.6. The largest absolute Gasteiger partial charge is 0.470 e. The second-order valence-electron chi connectivity index (χ2n) is 2.74. The van der Waals surface area contributed by atoms with Crippen molar-refractivity contribution in [2.75, 3.05) is 5.73 Å². The third-order valence-corrected chi connectivity index (χ3v) is 2.57. The first-order valence-electron chi connectivity index (χ1n) is 3.88. The third kappa shape index (κ3) is 2.61. The van der Waals surface area contributed by atoms with Gasteiger partial charge >= 0.3 is 10.1 Å². The Morgan fingerprint density at radius 3 is 2.50 bits per heavy atom. The van der Waals surface area contributed by atoms with E-state index >= 15 is 0 Å². The number of hydrogen-bond donors (Lipinski definition) is 2. The molecule has 0 saturated heterocycles. The van der Waals surface area contributed by atoms with Crippen LogP contribution in [0.15, 0.2) is 24.3 Å². The maximum Gasteiger partial charge on any atom is 0.303 e. The minimum Gasteiger partial charge on any atom is -0.470 e. The molecule has 6 heteroatoms. The molecular formula is C8H11NO4S. The lowest BCUT2D eigenvalue weighted by atomic mass is 10.3. The first-order valence-corrected chi connectivity index (χ1v) is 5.39. The smallest absolute Gasteiger partial charge is 0.303 e. The quantitative estimate of drug-likeness (QED) is 0.579. The van der Waals surface area contributed by atoms with E-state index in [1.54, 1.807) is 18.2 Å². The Morgan fingerprint density at radius 2 is 2.00 bits per heavy atom. The zero-order chi connectivity index (χ0) is 10.8. The van der Waals surface area contributed by atoms with Gasteiger partial charge in [-0.25, -0.2) is 0 Å². The third-order valence-electron chi connectivity index (χ3n) is 1.63. The van der Waals surface area contributed by atoms with Crippen LogP contribution in [0.25, 0.3) is 0 Å². The van der Waals surface area contributed by atoms with E-state index in [-0.39, 0.29) is 5.75 Å². The van der Waals surface area contributed by atoms with Gasteiger partial charge in [-0.15, -0.1) is 0 Å². The summed E-state index contributed by atoms with van der Waals surface area (Å²) in [6.45, 7) is 1.22. The predicted octanol–water partition coefficient (Wildman–Crippen LogP) is 0.881. The number of para-hydroxylation sites is 2. The lowest BCUT2D eigenvalue weighted by Gasteiger charge is -2.12. The molecule has 0 aliphatic heterocycles. The van der Waals surface area contributed by atoms with Gasteiger partial charge in [0, 0.05) is 0 Å². The van der Waals surface area contributed by atoms with Gasteiger partial charge in [-0.3, -0.25) is 4.55 Å². The number of rotatable bonds is 3. The highest BCUT2D eigenvalue weighted by molar-refractivity contribution is 7.86. The minimum atomic E-state index is -4.20. The zero-order valence-electron chi connectivity index (χ0n) is 7.54. The van der Waals surface area contributed by atoms with Crippen molar-refractivity contribution < 1.29 is 17.7 Å². The van der Waals surface area contributed by atoms with Gasteiger partial charge in [0.1, 0.15) is 5.75 Å². The standard InChI is InChI=1S/C8H11NO4S/c1-6(14(10,11)12)13-8-5-3-2-4-7(8)9/h2-6H,9H2,1H3,(H,10,11,12). The Kier molecular flexibility index (Phi) is 2.97. The number of nitrogens with two attached hydrogens (primary N) is 1. The summed E-state index contributed by atoms with van der Waals surface area (Å²) in [5.74, 6) is 0.234. The van der Waals surface area contributed by atoms with Crippen molar-refractivity contribution >= 4 is 15.8 Å². The summed E-state index contributed by atoms with van der Waals surface area (Å²) in [6.07, 6.45) is 0. The Morgan fingerprint density at radius 1 is 1.43 bits per heavy atom. The number of nitrogen functional groups attached to an aromatic ring is 1. The molecule has 3 N–H and O–H groups in total. The van der Waals surface area contributed by atoms with Gasteiger partial charge in [-0.1, -0.05) is 12.1 Å². The first-order chi connectivity index (χ1) is 6.41. The lowest BCUT2D eigenvalue weighted by molar-refractivity contribution is 0.276. The molecule has 78 valence electrons. The highest BCUT2D eigenvalue weighted by Crippen LogP contribution is 2.21. The van der Waals surface area contributed by atoms with Gasteiger partial charge in [-0.05, 0) is 19.1 Å². The van der Waals surface area contributed by atoms with Crippen LogP contribution in [0.1, 0.15) is 6.92 Å². The van der Waals surface area contributed by atoms with Crippen LogP contribution < -0.4 is 10.5 Å². The number of ether oxygens (including phenoxy) is 1. The summed E-state index contributed by atoms with van der Waals surface area (Å²) in [5.41, 5.74) is 4.51. The number of hydrogen-bond acceptors (Lipinski definition) is 4. The maximum atomic E-state index is 10.6. The Hall–Kier alpha value is -1.27. The Balaban J connectivity index is 2.85. The molecule has 0 fully saturated rings. The fourth-order valence-electron chi connectivity index (χ4n) is 0.827. The van der Waals surface area contributed by atoms with Crippen LogP contribution in [0.4, 0.5) is 5.69 Å². The molecule has 0 spiro atoms. The summed E-state index contributed by atoms with van der Waals surface area (Å²) >= 11 is 0. The summed E-state index contributed by atoms with van der Waals surface area (Å²) in [4.78, 5) is 0. The topological polar surface area (TPSA) is 89.6 Å². The predicted molar refractivity (Wildman–Crippen MR) is 52.5 cm³/mol. The molecule has 14 heavy (non-hydrogen) atoms. The van der Waals surface area contributed by atoms with Crippen LogP contribution in [-0.4, -0.2) is 18.4 Å². The van der Waals surface area contributed by atoms with Crippen molar-refractivity contribution in [3.05, 3.63) is 24.3 Å². The molecule has 0 radical (unpaired) electrons. The van der Waals surface area contributed by atoms with Crippen LogP contribution in [-0.2, 0) is 10.1 Å². The van der Waals surface area contributed by atoms with Crippen LogP contribution in [0, 0.1) is 0 Å². The molecule has 1 aromatic rings. The second kappa shape index (κ2) is 3.85. The van der Waals surface area contributed by atoms with Crippen LogP contribution >= 0.6 is 0 Å². The molecule has 0 aliphatic rings. The van der Waals surface area contributed by atoms with Crippen molar-refractivity contribution in [3.63, 3.8) is 0 Å². The molecule has 1 atom stereocenters. The number of benzene rings is 1. The van der Waals surface area contributed by atoms with E-state index in [2.05, 4.69) is 0 Å². The van der Waals surface area contributed by atoms with Gasteiger partial charge in [0.2, 0.25) is 5.44 Å². The van der Waals surface area contributed by atoms with Gasteiger partial charge in [0.15, 0.2) is 0 Å². The van der Waals surface area contributed by atoms with Gasteiger partial charge in [0.25, 0.3) is 0 Å². The zero-order valence-corrected chi connectivity index (χ0v) is 8.36. The lowest BCUT2D eigenvalue weighted by Crippen LogP contribution is -2.23. The summed E-state index contributed by atoms with van der Waals surface area (Å²) in [5, 5.41) is 0. The average Bonchev–Trinajstić information content (AvgIpc) is 2.07. The molecule has 5 nitrogen and oxygen atoms in total. The van der Waals surface area contributed by atoms with E-state index < -0.39 is 15.6 Å². The van der Waals surface area contributed by atoms with Crippen LogP contribution in [0.2, 0.25) is 0 Å². The normalized spacial score (nSPS) is 13.6. The van der Waals surface area contributed by atoms with Crippen LogP contribution in [0.5, 0.6) is 5.75 Å². The van der Waals surface area contributed by atoms with Crippen molar-refractivity contribution in [3.8, 4) is 5.75 Å². The highest BCUT2D eigenvalue weighted by atomic mass is 32.2. The van der Waals surface area contributed by atoms with Crippen molar-refractivity contribution in [1.82, 2.24) is 0 Å². The Labute approximate surface area is 82.2 Å². The van der Waals surface area contributed by atoms with E-state index in [4.69, 9.17) is 15.0 Å². The molecule has 0 aliphatic carbocycles. The van der Waals surface area contributed by atoms with E-state index in [0.717, 1.165) is 0 Å². The highest BCUT2D eigenvalue weighted by Gasteiger charge is 2.19. The van der Waals surface area contributed by atoms with E-state index in [1.165, 1.54) is 13.0 Å². The second-order valence-corrected chi connectivity index (χ2v) is 4.43. The molecular weight excluding hydrogens is 206 g/mol. The van der Waals surface area contributed by atoms with Crippen LogP contribution in [0.3, 0.4) is 0 Å². The summed E-state index contributed by atoms with van der Waals surface area (Å²) < 4.78 is 34.9. The van der Waals surface area contributed by atoms with Gasteiger partial charge in [0.05, 0.1) is 5.69 Å². The van der Waals surface area contributed by atoms with Gasteiger partial charge in [-0.2, -0.15) is 8.42 Å². The Bertz CT molecular complexity index is 415. The van der Waals surface area contributed by atoms with E-state index in [1.807, 2.05) is 0 Å². The molecule has 1 aromatic carbocycles. The molecule has 0 bridgehead atoms. The molecule has 0 heterocycles. The van der Waals surface area contributed by atoms with E-state index in [9.17, 15) is 8.42 Å². The molecule has 0 aromatic heterocycles. The fourth-order valence-corrected chi connectivity index (χ4v) is 1.05. The SMILES string of the molecule is CC(Oc1ccccc1N)S(=O)(=O)O. The molecule has 0 saturated carbocycles. The summed E-state index contributed by atoms with van der Waals surface area (Å²) in [7, 11) is -4.20. The number of anilines is 1. The van der Waals surface area contributed by atoms with Crippen molar-refractivity contribution in [2.45, 2.75) is 12.4 Å². The molecule has 1 unspecified atom stereocenters. The van der Waals surface area contributed by atoms with Gasteiger partial charge < -0.3 is 10.5 Å². The average molecular weight is 217 g/mol. The molecule has 0 amide bonds. The van der Waals surface area contributed by atoms with Crippen molar-refractivity contribution in [2.24, 2.45) is 0 Å². The van der Waals surface area contributed by atoms with E-state index in [0.29, 0.717) is 5.69 Å².